The molecule has 2 rings (SSSR count). The van der Waals surface area contributed by atoms with Gasteiger partial charge in [-0.3, -0.25) is 9.69 Å². The summed E-state index contributed by atoms with van der Waals surface area (Å²) in [6.07, 6.45) is 0.729. The van der Waals surface area contributed by atoms with Crippen LogP contribution in [0.4, 0.5) is 0 Å². The Kier molecular flexibility index (Phi) is 3.74. The molecule has 19 heavy (non-hydrogen) atoms. The number of fused-ring (bicyclic) bond motifs is 1. The maximum Gasteiger partial charge on any atom is 0.323 e. The van der Waals surface area contributed by atoms with E-state index >= 15 is 0 Å². The summed E-state index contributed by atoms with van der Waals surface area (Å²) in [6.45, 7) is 3.94. The number of rotatable bonds is 4. The lowest BCUT2D eigenvalue weighted by atomic mass is 10.0. The number of likely N-dealkylation sites (N-methyl/N-ethyl adjacent to an activating group) is 1. The molecule has 1 aromatic carbocycles. The van der Waals surface area contributed by atoms with E-state index in [1.165, 1.54) is 0 Å². The molecule has 1 heterocycles. The summed E-state index contributed by atoms with van der Waals surface area (Å²) < 4.78 is 5.81. The SMILES string of the molecule is CN(CC1Cc2cc(Cl)ccc2O1)C(C)(C)C(=O)O. The van der Waals surface area contributed by atoms with Crippen molar-refractivity contribution in [1.29, 1.82) is 0 Å². The molecule has 1 aliphatic rings. The largest absolute Gasteiger partial charge is 0.488 e. The van der Waals surface area contributed by atoms with Crippen LogP contribution in [0.2, 0.25) is 5.02 Å². The van der Waals surface area contributed by atoms with Gasteiger partial charge >= 0.3 is 5.97 Å². The number of hydrogen-bond acceptors (Lipinski definition) is 3. The molecule has 5 heteroatoms. The highest BCUT2D eigenvalue weighted by Crippen LogP contribution is 2.31. The van der Waals surface area contributed by atoms with Gasteiger partial charge in [-0.2, -0.15) is 0 Å². The van der Waals surface area contributed by atoms with Crippen LogP contribution in [0, 0.1) is 0 Å². The number of nitrogens with zero attached hydrogens (tertiary/aromatic N) is 1. The van der Waals surface area contributed by atoms with E-state index in [0.717, 1.165) is 17.7 Å². The van der Waals surface area contributed by atoms with E-state index in [2.05, 4.69) is 0 Å². The third kappa shape index (κ3) is 2.85. The predicted octanol–water partition coefficient (Wildman–Crippen LogP) is 2.44. The van der Waals surface area contributed by atoms with E-state index < -0.39 is 11.5 Å². The summed E-state index contributed by atoms with van der Waals surface area (Å²) in [6, 6.07) is 5.56. The summed E-state index contributed by atoms with van der Waals surface area (Å²) in [5.41, 5.74) is 0.175. The Hall–Kier alpha value is -1.26. The Labute approximate surface area is 117 Å². The Morgan fingerprint density at radius 2 is 2.26 bits per heavy atom. The molecule has 0 aliphatic carbocycles. The summed E-state index contributed by atoms with van der Waals surface area (Å²) in [7, 11) is 1.80. The van der Waals surface area contributed by atoms with Crippen molar-refractivity contribution < 1.29 is 14.6 Å². The number of carboxylic acids is 1. The third-order valence-corrected chi connectivity index (χ3v) is 3.95. The predicted molar refractivity (Wildman–Crippen MR) is 73.9 cm³/mol. The molecule has 0 saturated carbocycles. The van der Waals surface area contributed by atoms with E-state index in [1.54, 1.807) is 31.9 Å². The van der Waals surface area contributed by atoms with Gasteiger partial charge in [-0.05, 0) is 44.7 Å². The number of aliphatic carboxylic acids is 1. The monoisotopic (exact) mass is 283 g/mol. The molecule has 0 fully saturated rings. The van der Waals surface area contributed by atoms with Gasteiger partial charge in [0.1, 0.15) is 17.4 Å². The zero-order valence-corrected chi connectivity index (χ0v) is 12.1. The second-order valence-corrected chi connectivity index (χ2v) is 5.88. The Balaban J connectivity index is 2.02. The molecule has 1 N–H and O–H groups in total. The molecular weight excluding hydrogens is 266 g/mol. The fourth-order valence-electron chi connectivity index (χ4n) is 2.09. The molecule has 1 unspecified atom stereocenters. The molecule has 0 saturated heterocycles. The minimum absolute atomic E-state index is 0.0305. The number of halogens is 1. The molecule has 1 aromatic rings. The number of carboxylic acid groups (broad SMARTS) is 1. The first kappa shape index (κ1) is 14.2. The van der Waals surface area contributed by atoms with E-state index in [0.29, 0.717) is 11.6 Å². The Morgan fingerprint density at radius 1 is 1.58 bits per heavy atom. The van der Waals surface area contributed by atoms with E-state index in [9.17, 15) is 9.90 Å². The summed E-state index contributed by atoms with van der Waals surface area (Å²) in [5, 5.41) is 9.89. The molecule has 0 bridgehead atoms. The molecule has 0 spiro atoms. The molecular formula is C14H18ClNO3. The van der Waals surface area contributed by atoms with Crippen molar-refractivity contribution in [2.75, 3.05) is 13.6 Å². The minimum Gasteiger partial charge on any atom is -0.488 e. The van der Waals surface area contributed by atoms with Crippen LogP contribution in [0.3, 0.4) is 0 Å². The zero-order chi connectivity index (χ0) is 14.2. The van der Waals surface area contributed by atoms with Gasteiger partial charge in [-0.15, -0.1) is 0 Å². The van der Waals surface area contributed by atoms with Gasteiger partial charge in [0, 0.05) is 18.0 Å². The van der Waals surface area contributed by atoms with E-state index in [1.807, 2.05) is 12.1 Å². The number of benzene rings is 1. The summed E-state index contributed by atoms with van der Waals surface area (Å²) >= 11 is 5.95. The van der Waals surface area contributed by atoms with Crippen molar-refractivity contribution in [1.82, 2.24) is 4.90 Å². The van der Waals surface area contributed by atoms with Crippen LogP contribution in [0.25, 0.3) is 0 Å². The lowest BCUT2D eigenvalue weighted by molar-refractivity contribution is -0.149. The molecule has 1 aliphatic heterocycles. The first-order valence-corrected chi connectivity index (χ1v) is 6.58. The fraction of sp³-hybridized carbons (Fsp3) is 0.500. The lowest BCUT2D eigenvalue weighted by Crippen LogP contribution is -2.51. The van der Waals surface area contributed by atoms with Crippen LogP contribution in [0.5, 0.6) is 5.75 Å². The summed E-state index contributed by atoms with van der Waals surface area (Å²) in [4.78, 5) is 13.0. The average Bonchev–Trinajstić information content (AvgIpc) is 2.69. The second-order valence-electron chi connectivity index (χ2n) is 5.44. The minimum atomic E-state index is -0.907. The van der Waals surface area contributed by atoms with E-state index in [-0.39, 0.29) is 6.10 Å². The molecule has 4 nitrogen and oxygen atoms in total. The van der Waals surface area contributed by atoms with Crippen LogP contribution in [0.15, 0.2) is 18.2 Å². The van der Waals surface area contributed by atoms with Crippen LogP contribution in [-0.4, -0.2) is 41.2 Å². The highest BCUT2D eigenvalue weighted by Gasteiger charge is 2.35. The standard InChI is InChI=1S/C14H18ClNO3/c1-14(2,13(17)18)16(3)8-11-7-9-6-10(15)4-5-12(9)19-11/h4-6,11H,7-8H2,1-3H3,(H,17,18). The average molecular weight is 284 g/mol. The molecule has 0 amide bonds. The van der Waals surface area contributed by atoms with Crippen molar-refractivity contribution in [3.8, 4) is 5.75 Å². The molecule has 0 aromatic heterocycles. The van der Waals surface area contributed by atoms with Gasteiger partial charge in [0.25, 0.3) is 0 Å². The van der Waals surface area contributed by atoms with Crippen molar-refractivity contribution in [3.63, 3.8) is 0 Å². The van der Waals surface area contributed by atoms with Gasteiger partial charge in [-0.25, -0.2) is 0 Å². The van der Waals surface area contributed by atoms with E-state index in [4.69, 9.17) is 16.3 Å². The lowest BCUT2D eigenvalue weighted by Gasteiger charge is -2.32. The van der Waals surface area contributed by atoms with Gasteiger partial charge in [0.05, 0.1) is 0 Å². The highest BCUT2D eigenvalue weighted by molar-refractivity contribution is 6.30. The van der Waals surface area contributed by atoms with Crippen molar-refractivity contribution in [2.24, 2.45) is 0 Å². The Bertz CT molecular complexity index is 501. The molecule has 1 atom stereocenters. The number of carbonyl (C=O) groups is 1. The topological polar surface area (TPSA) is 49.8 Å². The van der Waals surface area contributed by atoms with Crippen LogP contribution >= 0.6 is 11.6 Å². The first-order chi connectivity index (χ1) is 8.80. The maximum absolute atomic E-state index is 11.2. The van der Waals surface area contributed by atoms with Crippen LogP contribution < -0.4 is 4.74 Å². The normalized spacial score (nSPS) is 18.3. The fourth-order valence-corrected chi connectivity index (χ4v) is 2.28. The third-order valence-electron chi connectivity index (χ3n) is 3.72. The molecule has 0 radical (unpaired) electrons. The van der Waals surface area contributed by atoms with Gasteiger partial charge in [0.2, 0.25) is 0 Å². The van der Waals surface area contributed by atoms with Crippen molar-refractivity contribution in [2.45, 2.75) is 31.9 Å². The quantitative estimate of drug-likeness (QED) is 0.922. The first-order valence-electron chi connectivity index (χ1n) is 6.20. The van der Waals surface area contributed by atoms with Gasteiger partial charge < -0.3 is 9.84 Å². The maximum atomic E-state index is 11.2. The van der Waals surface area contributed by atoms with Crippen LogP contribution in [0.1, 0.15) is 19.4 Å². The Morgan fingerprint density at radius 3 is 2.89 bits per heavy atom. The van der Waals surface area contributed by atoms with Crippen molar-refractivity contribution >= 4 is 17.6 Å². The highest BCUT2D eigenvalue weighted by atomic mass is 35.5. The van der Waals surface area contributed by atoms with Gasteiger partial charge in [-0.1, -0.05) is 11.6 Å². The summed E-state index contributed by atoms with van der Waals surface area (Å²) in [5.74, 6) is 0.00415. The smallest absolute Gasteiger partial charge is 0.323 e. The molecule has 104 valence electrons. The second kappa shape index (κ2) is 5.02. The number of ether oxygens (including phenoxy) is 1. The number of hydrogen-bond donors (Lipinski definition) is 1. The van der Waals surface area contributed by atoms with Crippen LogP contribution in [-0.2, 0) is 11.2 Å². The zero-order valence-electron chi connectivity index (χ0n) is 11.3. The van der Waals surface area contributed by atoms with Gasteiger partial charge in [0.15, 0.2) is 0 Å². The van der Waals surface area contributed by atoms with Crippen molar-refractivity contribution in [3.05, 3.63) is 28.8 Å².